The molecule has 0 saturated carbocycles. The van der Waals surface area contributed by atoms with Crippen LogP contribution in [0.1, 0.15) is 10.5 Å². The summed E-state index contributed by atoms with van der Waals surface area (Å²) in [5, 5.41) is 6.74. The van der Waals surface area contributed by atoms with Crippen LogP contribution in [0.5, 0.6) is 11.5 Å². The Labute approximate surface area is 151 Å². The fourth-order valence-electron chi connectivity index (χ4n) is 2.68. The molecule has 1 atom stereocenters. The van der Waals surface area contributed by atoms with Gasteiger partial charge in [0.1, 0.15) is 12.3 Å². The molecule has 0 fully saturated rings. The van der Waals surface area contributed by atoms with Crippen LogP contribution in [-0.4, -0.2) is 38.4 Å². The molecule has 3 N–H and O–H groups in total. The largest absolute Gasteiger partial charge is 0.486 e. The summed E-state index contributed by atoms with van der Waals surface area (Å²) >= 11 is 0. The second-order valence-electron chi connectivity index (χ2n) is 5.90. The topological polar surface area (TPSA) is 131 Å². The van der Waals surface area contributed by atoms with Crippen molar-refractivity contribution >= 4 is 11.6 Å². The number of rotatable bonds is 4. The van der Waals surface area contributed by atoms with E-state index in [1.807, 2.05) is 29.2 Å². The van der Waals surface area contributed by atoms with Gasteiger partial charge in [-0.25, -0.2) is 4.79 Å². The number of anilines is 1. The first-order chi connectivity index (χ1) is 13.1. The van der Waals surface area contributed by atoms with Crippen molar-refractivity contribution in [2.45, 2.75) is 12.6 Å². The van der Waals surface area contributed by atoms with Gasteiger partial charge in [0.2, 0.25) is 0 Å². The van der Waals surface area contributed by atoms with Crippen molar-refractivity contribution in [3.05, 3.63) is 69.3 Å². The molecule has 3 heterocycles. The minimum Gasteiger partial charge on any atom is -0.486 e. The Kier molecular flexibility index (Phi) is 4.21. The van der Waals surface area contributed by atoms with Crippen LogP contribution in [0.15, 0.2) is 52.3 Å². The van der Waals surface area contributed by atoms with E-state index in [0.717, 1.165) is 6.07 Å². The van der Waals surface area contributed by atoms with Gasteiger partial charge in [0.05, 0.1) is 18.4 Å². The molecule has 0 aliphatic carbocycles. The minimum absolute atomic E-state index is 0.142. The third-order valence-corrected chi connectivity index (χ3v) is 3.85. The van der Waals surface area contributed by atoms with Gasteiger partial charge in [0.15, 0.2) is 17.6 Å². The molecular weight excluding hydrogens is 354 g/mol. The van der Waals surface area contributed by atoms with E-state index in [1.165, 1.54) is 6.20 Å². The standard InChI is InChI=1S/C17H15N5O5/c23-15-5-12(20-17(25)21-15)16(24)19-10-6-18-22(7-10)8-11-9-26-13-3-1-2-4-14(13)27-11/h1-7,11H,8-9H2,(H,19,24)(H2,20,21,23,25). The zero-order chi connectivity index (χ0) is 18.8. The lowest BCUT2D eigenvalue weighted by Crippen LogP contribution is -2.33. The zero-order valence-corrected chi connectivity index (χ0v) is 14.0. The van der Waals surface area contributed by atoms with Gasteiger partial charge >= 0.3 is 5.69 Å². The number of aromatic amines is 2. The average molecular weight is 369 g/mol. The second-order valence-corrected chi connectivity index (χ2v) is 5.90. The number of benzene rings is 1. The van der Waals surface area contributed by atoms with Crippen LogP contribution in [-0.2, 0) is 6.54 Å². The van der Waals surface area contributed by atoms with Gasteiger partial charge in [-0.1, -0.05) is 12.1 Å². The summed E-state index contributed by atoms with van der Waals surface area (Å²) in [5.74, 6) is 0.755. The molecule has 0 saturated heterocycles. The van der Waals surface area contributed by atoms with Crippen LogP contribution in [0, 0.1) is 0 Å². The van der Waals surface area contributed by atoms with E-state index in [-0.39, 0.29) is 11.8 Å². The molecule has 1 aromatic carbocycles. The number of amides is 1. The fraction of sp³-hybridized carbons (Fsp3) is 0.176. The van der Waals surface area contributed by atoms with Crippen LogP contribution in [0.3, 0.4) is 0 Å². The highest BCUT2D eigenvalue weighted by Crippen LogP contribution is 2.31. The van der Waals surface area contributed by atoms with Crippen molar-refractivity contribution in [1.82, 2.24) is 19.7 Å². The third-order valence-electron chi connectivity index (χ3n) is 3.85. The number of nitrogens with zero attached hydrogens (tertiary/aromatic N) is 2. The van der Waals surface area contributed by atoms with Crippen molar-refractivity contribution in [3.8, 4) is 11.5 Å². The highest BCUT2D eigenvalue weighted by Gasteiger charge is 2.21. The van der Waals surface area contributed by atoms with Crippen LogP contribution in [0.25, 0.3) is 0 Å². The molecular formula is C17H15N5O5. The van der Waals surface area contributed by atoms with Crippen LogP contribution >= 0.6 is 0 Å². The lowest BCUT2D eigenvalue weighted by molar-refractivity contribution is 0.0759. The molecule has 1 aliphatic heterocycles. The summed E-state index contributed by atoms with van der Waals surface area (Å²) in [6, 6.07) is 8.42. The van der Waals surface area contributed by atoms with Gasteiger partial charge in [0, 0.05) is 12.3 Å². The molecule has 10 nitrogen and oxygen atoms in total. The number of H-pyrrole nitrogens is 2. The van der Waals surface area contributed by atoms with Gasteiger partial charge in [0.25, 0.3) is 11.5 Å². The molecule has 2 aromatic heterocycles. The Bertz CT molecular complexity index is 1070. The molecule has 4 rings (SSSR count). The van der Waals surface area contributed by atoms with E-state index in [1.54, 1.807) is 10.9 Å². The first-order valence-corrected chi connectivity index (χ1v) is 8.13. The van der Waals surface area contributed by atoms with Crippen LogP contribution in [0.2, 0.25) is 0 Å². The molecule has 1 aliphatic rings. The first kappa shape index (κ1) is 16.6. The van der Waals surface area contributed by atoms with E-state index < -0.39 is 17.2 Å². The van der Waals surface area contributed by atoms with Crippen molar-refractivity contribution in [1.29, 1.82) is 0 Å². The van der Waals surface area contributed by atoms with Crippen molar-refractivity contribution < 1.29 is 14.3 Å². The smallest absolute Gasteiger partial charge is 0.326 e. The Morgan fingerprint density at radius 3 is 2.89 bits per heavy atom. The number of nitrogens with one attached hydrogen (secondary N) is 3. The molecule has 27 heavy (non-hydrogen) atoms. The van der Waals surface area contributed by atoms with Gasteiger partial charge < -0.3 is 19.8 Å². The highest BCUT2D eigenvalue weighted by molar-refractivity contribution is 6.02. The Morgan fingerprint density at radius 2 is 2.07 bits per heavy atom. The SMILES string of the molecule is O=C(Nc1cnn(CC2COc3ccccc3O2)c1)c1cc(=O)[nH]c(=O)[nH]1. The Balaban J connectivity index is 1.41. The minimum atomic E-state index is -0.752. The van der Waals surface area contributed by atoms with E-state index in [4.69, 9.17) is 9.47 Å². The van der Waals surface area contributed by atoms with Gasteiger partial charge in [-0.05, 0) is 12.1 Å². The quantitative estimate of drug-likeness (QED) is 0.608. The highest BCUT2D eigenvalue weighted by atomic mass is 16.6. The van der Waals surface area contributed by atoms with Crippen LogP contribution in [0.4, 0.5) is 5.69 Å². The molecule has 138 valence electrons. The molecule has 0 spiro atoms. The van der Waals surface area contributed by atoms with Gasteiger partial charge in [-0.2, -0.15) is 5.10 Å². The number of carbonyl (C=O) groups is 1. The maximum Gasteiger partial charge on any atom is 0.326 e. The molecule has 3 aromatic rings. The first-order valence-electron chi connectivity index (χ1n) is 8.13. The summed E-state index contributed by atoms with van der Waals surface area (Å²) in [7, 11) is 0. The fourth-order valence-corrected chi connectivity index (χ4v) is 2.68. The second kappa shape index (κ2) is 6.83. The number of hydrogen-bond acceptors (Lipinski definition) is 6. The summed E-state index contributed by atoms with van der Waals surface area (Å²) in [5.41, 5.74) is -1.14. The van der Waals surface area contributed by atoms with Crippen molar-refractivity contribution in [2.75, 3.05) is 11.9 Å². The third kappa shape index (κ3) is 3.73. The number of hydrogen-bond donors (Lipinski definition) is 3. The Hall–Kier alpha value is -3.82. The molecule has 0 bridgehead atoms. The summed E-state index contributed by atoms with van der Waals surface area (Å²) < 4.78 is 13.1. The van der Waals surface area contributed by atoms with E-state index in [2.05, 4.69) is 15.4 Å². The van der Waals surface area contributed by atoms with Crippen molar-refractivity contribution in [2.24, 2.45) is 0 Å². The number of ether oxygens (including phenoxy) is 2. The monoisotopic (exact) mass is 369 g/mol. The summed E-state index contributed by atoms with van der Waals surface area (Å²) in [6.07, 6.45) is 2.85. The summed E-state index contributed by atoms with van der Waals surface area (Å²) in [4.78, 5) is 38.9. The van der Waals surface area contributed by atoms with Crippen molar-refractivity contribution in [3.63, 3.8) is 0 Å². The number of fused-ring (bicyclic) bond motifs is 1. The lowest BCUT2D eigenvalue weighted by atomic mass is 10.2. The molecule has 1 amide bonds. The Morgan fingerprint density at radius 1 is 1.26 bits per heavy atom. The predicted octanol–water partition coefficient (Wildman–Crippen LogP) is 0.352. The molecule has 10 heteroatoms. The summed E-state index contributed by atoms with van der Waals surface area (Å²) in [6.45, 7) is 0.804. The van der Waals surface area contributed by atoms with Gasteiger partial charge in [-0.3, -0.25) is 19.3 Å². The molecule has 0 radical (unpaired) electrons. The normalized spacial score (nSPS) is 15.3. The zero-order valence-electron chi connectivity index (χ0n) is 14.0. The molecule has 1 unspecified atom stereocenters. The predicted molar refractivity (Wildman–Crippen MR) is 94.2 cm³/mol. The number of carbonyl (C=O) groups excluding carboxylic acids is 1. The van der Waals surface area contributed by atoms with E-state index >= 15 is 0 Å². The van der Waals surface area contributed by atoms with Crippen LogP contribution < -0.4 is 26.0 Å². The number of aromatic nitrogens is 4. The van der Waals surface area contributed by atoms with E-state index in [0.29, 0.717) is 30.3 Å². The maximum atomic E-state index is 12.1. The van der Waals surface area contributed by atoms with E-state index in [9.17, 15) is 14.4 Å². The average Bonchev–Trinajstić information content (AvgIpc) is 3.07. The van der Waals surface area contributed by atoms with Gasteiger partial charge in [-0.15, -0.1) is 0 Å². The lowest BCUT2D eigenvalue weighted by Gasteiger charge is -2.26. The maximum absolute atomic E-state index is 12.1. The number of para-hydroxylation sites is 2.